The van der Waals surface area contributed by atoms with E-state index in [0.717, 1.165) is 36.5 Å². The van der Waals surface area contributed by atoms with Crippen molar-refractivity contribution in [2.75, 3.05) is 20.8 Å². The van der Waals surface area contributed by atoms with Crippen LogP contribution in [0, 0.1) is 5.92 Å². The van der Waals surface area contributed by atoms with E-state index in [2.05, 4.69) is 16.4 Å². The van der Waals surface area contributed by atoms with Gasteiger partial charge in [-0.05, 0) is 48.4 Å². The van der Waals surface area contributed by atoms with Crippen molar-refractivity contribution >= 4 is 27.5 Å². The highest BCUT2D eigenvalue weighted by Gasteiger charge is 2.40. The molecule has 0 saturated carbocycles. The highest BCUT2D eigenvalue weighted by Crippen LogP contribution is 2.44. The zero-order valence-electron chi connectivity index (χ0n) is 18.0. The smallest absolute Gasteiger partial charge is 0.348 e. The molecule has 0 radical (unpaired) electrons. The van der Waals surface area contributed by atoms with Crippen LogP contribution in [0.25, 0.3) is 10.2 Å². The summed E-state index contributed by atoms with van der Waals surface area (Å²) in [5, 5.41) is 3.96. The van der Waals surface area contributed by atoms with Crippen molar-refractivity contribution in [3.05, 3.63) is 61.1 Å². The first kappa shape index (κ1) is 21.0. The van der Waals surface area contributed by atoms with E-state index in [0.29, 0.717) is 39.9 Å². The number of methoxy groups -OCH3 is 2. The van der Waals surface area contributed by atoms with E-state index in [1.165, 1.54) is 28.9 Å². The third-order valence-electron chi connectivity index (χ3n) is 6.87. The number of aromatic amines is 1. The first-order valence-corrected chi connectivity index (χ1v) is 11.6. The number of rotatable bonds is 5. The molecule has 8 nitrogen and oxygen atoms in total. The Labute approximate surface area is 188 Å². The fourth-order valence-electron chi connectivity index (χ4n) is 5.34. The summed E-state index contributed by atoms with van der Waals surface area (Å²) < 4.78 is 11.5. The maximum absolute atomic E-state index is 13.0. The fraction of sp³-hybridized carbons (Fsp3) is 0.435. The summed E-state index contributed by atoms with van der Waals surface area (Å²) >= 11 is 1.06. The molecule has 1 unspecified atom stereocenters. The van der Waals surface area contributed by atoms with Crippen molar-refractivity contribution in [2.45, 2.75) is 37.8 Å². The lowest BCUT2D eigenvalue weighted by Gasteiger charge is -2.31. The molecule has 2 aromatic heterocycles. The second-order valence-corrected chi connectivity index (χ2v) is 9.42. The average molecular weight is 456 g/mol. The second-order valence-electron chi connectivity index (χ2n) is 8.37. The Morgan fingerprint density at radius 2 is 2.12 bits per heavy atom. The van der Waals surface area contributed by atoms with Crippen molar-refractivity contribution in [2.24, 2.45) is 5.92 Å². The third-order valence-corrected chi connectivity index (χ3v) is 7.90. The standard InChI is InChI=1S/C23H25N3O5S/c1-30-18-5-3-4-12-14(18)7-6-13-16(12)11-24-17(13)8-9-26-21(27)15-10-19(22(28)31-2)32-20(15)25-23(26)29/h3-5,10,13,16-17,24H,6-9,11H2,1-2H3,(H,25,29)/t13-,16+,17?/m1/s1. The third kappa shape index (κ3) is 3.36. The molecule has 1 aliphatic heterocycles. The Bertz CT molecular complexity index is 1310. The van der Waals surface area contributed by atoms with Crippen LogP contribution < -0.4 is 21.3 Å². The van der Waals surface area contributed by atoms with E-state index in [4.69, 9.17) is 9.47 Å². The lowest BCUT2D eigenvalue weighted by Crippen LogP contribution is -2.38. The maximum Gasteiger partial charge on any atom is 0.348 e. The van der Waals surface area contributed by atoms with Crippen LogP contribution in [0.3, 0.4) is 0 Å². The van der Waals surface area contributed by atoms with E-state index < -0.39 is 11.7 Å². The molecule has 3 aromatic rings. The number of aromatic nitrogens is 2. The number of carbonyl (C=O) groups is 1. The van der Waals surface area contributed by atoms with Gasteiger partial charge in [-0.3, -0.25) is 14.3 Å². The number of nitrogens with one attached hydrogen (secondary N) is 2. The van der Waals surface area contributed by atoms with Crippen LogP contribution in [0.1, 0.15) is 39.6 Å². The van der Waals surface area contributed by atoms with Crippen LogP contribution in [0.5, 0.6) is 5.75 Å². The monoisotopic (exact) mass is 455 g/mol. The van der Waals surface area contributed by atoms with E-state index in [1.807, 2.05) is 12.1 Å². The van der Waals surface area contributed by atoms with Crippen LogP contribution in [0.15, 0.2) is 33.9 Å². The number of thiophene rings is 1. The summed E-state index contributed by atoms with van der Waals surface area (Å²) in [7, 11) is 3.00. The van der Waals surface area contributed by atoms with E-state index in [-0.39, 0.29) is 11.6 Å². The molecule has 1 saturated heterocycles. The molecular formula is C23H25N3O5S. The molecule has 3 atom stereocenters. The topological polar surface area (TPSA) is 102 Å². The van der Waals surface area contributed by atoms with Crippen LogP contribution in [0.4, 0.5) is 0 Å². The van der Waals surface area contributed by atoms with Gasteiger partial charge in [-0.1, -0.05) is 12.1 Å². The number of nitrogens with zero attached hydrogens (tertiary/aromatic N) is 1. The van der Waals surface area contributed by atoms with Crippen LogP contribution in [-0.4, -0.2) is 42.3 Å². The summed E-state index contributed by atoms with van der Waals surface area (Å²) in [6.07, 6.45) is 2.70. The molecule has 0 spiro atoms. The van der Waals surface area contributed by atoms with E-state index in [1.54, 1.807) is 7.11 Å². The quantitative estimate of drug-likeness (QED) is 0.572. The zero-order chi connectivity index (χ0) is 22.4. The fourth-order valence-corrected chi connectivity index (χ4v) is 6.30. The van der Waals surface area contributed by atoms with Crippen molar-refractivity contribution in [1.29, 1.82) is 0 Å². The van der Waals surface area contributed by atoms with Crippen LogP contribution in [-0.2, 0) is 17.7 Å². The van der Waals surface area contributed by atoms with Crippen molar-refractivity contribution in [3.8, 4) is 5.75 Å². The molecule has 0 bridgehead atoms. The predicted molar refractivity (Wildman–Crippen MR) is 122 cm³/mol. The number of esters is 1. The summed E-state index contributed by atoms with van der Waals surface area (Å²) in [6, 6.07) is 7.98. The van der Waals surface area contributed by atoms with Gasteiger partial charge in [-0.15, -0.1) is 11.3 Å². The Balaban J connectivity index is 1.37. The van der Waals surface area contributed by atoms with Gasteiger partial charge in [0.15, 0.2) is 0 Å². The molecule has 2 aliphatic rings. The number of fused-ring (bicyclic) bond motifs is 4. The number of hydrogen-bond acceptors (Lipinski definition) is 7. The molecule has 168 valence electrons. The molecule has 3 heterocycles. The van der Waals surface area contributed by atoms with Gasteiger partial charge in [0, 0.05) is 25.0 Å². The van der Waals surface area contributed by atoms with Crippen LogP contribution >= 0.6 is 11.3 Å². The van der Waals surface area contributed by atoms with E-state index >= 15 is 0 Å². The predicted octanol–water partition coefficient (Wildman–Crippen LogP) is 2.25. The summed E-state index contributed by atoms with van der Waals surface area (Å²) in [4.78, 5) is 40.8. The van der Waals surface area contributed by atoms with Gasteiger partial charge < -0.3 is 14.8 Å². The number of benzene rings is 1. The molecule has 1 aromatic carbocycles. The summed E-state index contributed by atoms with van der Waals surface area (Å²) in [5.74, 6) is 1.31. The minimum absolute atomic E-state index is 0.231. The second kappa shape index (κ2) is 8.22. The SMILES string of the molecule is COC(=O)c1cc2c(=O)n(CCC3NC[C@H]4c5cccc(OC)c5CC[C@@H]34)c(=O)[nH]c2s1. The molecule has 1 aliphatic carbocycles. The molecule has 5 rings (SSSR count). The highest BCUT2D eigenvalue weighted by molar-refractivity contribution is 7.20. The Morgan fingerprint density at radius 1 is 1.28 bits per heavy atom. The van der Waals surface area contributed by atoms with Crippen molar-refractivity contribution in [3.63, 3.8) is 0 Å². The maximum atomic E-state index is 13.0. The highest BCUT2D eigenvalue weighted by atomic mass is 32.1. The number of H-pyrrole nitrogens is 1. The molecule has 1 fully saturated rings. The summed E-state index contributed by atoms with van der Waals surface area (Å²) in [5.41, 5.74) is 1.83. The van der Waals surface area contributed by atoms with Crippen molar-refractivity contribution in [1.82, 2.24) is 14.9 Å². The van der Waals surface area contributed by atoms with E-state index in [9.17, 15) is 14.4 Å². The minimum atomic E-state index is -0.520. The van der Waals surface area contributed by atoms with Crippen molar-refractivity contribution < 1.29 is 14.3 Å². The molecule has 0 amide bonds. The van der Waals surface area contributed by atoms with Gasteiger partial charge in [0.1, 0.15) is 15.5 Å². The normalized spacial score (nSPS) is 21.9. The van der Waals surface area contributed by atoms with Gasteiger partial charge >= 0.3 is 11.7 Å². The largest absolute Gasteiger partial charge is 0.496 e. The average Bonchev–Trinajstić information content (AvgIpc) is 3.42. The summed E-state index contributed by atoms with van der Waals surface area (Å²) in [6.45, 7) is 1.20. The number of ether oxygens (including phenoxy) is 2. The number of hydrogen-bond donors (Lipinski definition) is 2. The number of carbonyl (C=O) groups excluding carboxylic acids is 1. The Kier molecular flexibility index (Phi) is 5.38. The Morgan fingerprint density at radius 3 is 2.91 bits per heavy atom. The zero-order valence-corrected chi connectivity index (χ0v) is 18.8. The van der Waals surface area contributed by atoms with Gasteiger partial charge in [0.2, 0.25) is 0 Å². The first-order valence-electron chi connectivity index (χ1n) is 10.8. The first-order chi connectivity index (χ1) is 15.5. The minimum Gasteiger partial charge on any atom is -0.496 e. The van der Waals surface area contributed by atoms with Gasteiger partial charge in [0.05, 0.1) is 19.6 Å². The molecule has 32 heavy (non-hydrogen) atoms. The van der Waals surface area contributed by atoms with Gasteiger partial charge in [0.25, 0.3) is 5.56 Å². The van der Waals surface area contributed by atoms with Crippen LogP contribution in [0.2, 0.25) is 0 Å². The molecule has 2 N–H and O–H groups in total. The lowest BCUT2D eigenvalue weighted by atomic mass is 9.74. The van der Waals surface area contributed by atoms with Gasteiger partial charge in [-0.25, -0.2) is 9.59 Å². The van der Waals surface area contributed by atoms with Gasteiger partial charge in [-0.2, -0.15) is 0 Å². The lowest BCUT2D eigenvalue weighted by molar-refractivity contribution is 0.0606. The molecular weight excluding hydrogens is 430 g/mol. The Hall–Kier alpha value is -2.91. The molecule has 9 heteroatoms.